The van der Waals surface area contributed by atoms with Crippen molar-refractivity contribution in [1.82, 2.24) is 15.5 Å². The smallest absolute Gasteiger partial charge is 0.240 e. The van der Waals surface area contributed by atoms with Gasteiger partial charge in [-0.2, -0.15) is 4.98 Å². The van der Waals surface area contributed by atoms with E-state index in [1.807, 2.05) is 36.4 Å². The molecule has 1 heterocycles. The first-order valence-electron chi connectivity index (χ1n) is 8.10. The molecule has 0 aliphatic heterocycles. The number of methoxy groups -OCH3 is 2. The Morgan fingerprint density at radius 1 is 1.00 bits per heavy atom. The number of hydrogen-bond acceptors (Lipinski definition) is 6. The molecule has 0 fully saturated rings. The number of ether oxygens (including phenoxy) is 2. The van der Waals surface area contributed by atoms with Gasteiger partial charge >= 0.3 is 0 Å². The van der Waals surface area contributed by atoms with Gasteiger partial charge in [-0.05, 0) is 36.7 Å². The number of rotatable bonds is 8. The second-order valence-electron chi connectivity index (χ2n) is 5.49. The van der Waals surface area contributed by atoms with Crippen molar-refractivity contribution in [3.63, 3.8) is 0 Å². The molecule has 130 valence electrons. The van der Waals surface area contributed by atoms with Crippen LogP contribution in [0.3, 0.4) is 0 Å². The van der Waals surface area contributed by atoms with E-state index in [-0.39, 0.29) is 0 Å². The minimum Gasteiger partial charge on any atom is -0.493 e. The molecule has 2 aromatic carbocycles. The maximum absolute atomic E-state index is 5.31. The van der Waals surface area contributed by atoms with E-state index in [0.29, 0.717) is 29.8 Å². The van der Waals surface area contributed by atoms with Crippen LogP contribution in [0.4, 0.5) is 0 Å². The van der Waals surface area contributed by atoms with Gasteiger partial charge in [-0.1, -0.05) is 35.5 Å². The molecule has 0 saturated carbocycles. The Morgan fingerprint density at radius 2 is 1.80 bits per heavy atom. The first-order chi connectivity index (χ1) is 12.3. The summed E-state index contributed by atoms with van der Waals surface area (Å²) in [6.45, 7) is 1.38. The van der Waals surface area contributed by atoms with Crippen LogP contribution < -0.4 is 14.8 Å². The highest BCUT2D eigenvalue weighted by molar-refractivity contribution is 5.60. The molecular formula is C19H21N3O3. The third-order valence-electron chi connectivity index (χ3n) is 3.82. The molecule has 0 unspecified atom stereocenters. The van der Waals surface area contributed by atoms with Gasteiger partial charge in [0.2, 0.25) is 11.7 Å². The molecule has 25 heavy (non-hydrogen) atoms. The zero-order valence-corrected chi connectivity index (χ0v) is 14.4. The lowest BCUT2D eigenvalue weighted by Gasteiger charge is -2.07. The second kappa shape index (κ2) is 8.30. The molecule has 0 radical (unpaired) electrons. The van der Waals surface area contributed by atoms with Gasteiger partial charge < -0.3 is 19.3 Å². The van der Waals surface area contributed by atoms with Gasteiger partial charge in [0.25, 0.3) is 0 Å². The zero-order chi connectivity index (χ0) is 17.5. The fraction of sp³-hybridized carbons (Fsp3) is 0.263. The minimum atomic E-state index is 0.529. The maximum Gasteiger partial charge on any atom is 0.240 e. The molecule has 1 aromatic heterocycles. The van der Waals surface area contributed by atoms with Crippen molar-refractivity contribution in [1.29, 1.82) is 0 Å². The number of hydrogen-bond donors (Lipinski definition) is 1. The van der Waals surface area contributed by atoms with Crippen LogP contribution in [-0.4, -0.2) is 30.9 Å². The Bertz CT molecular complexity index is 803. The van der Waals surface area contributed by atoms with E-state index in [9.17, 15) is 0 Å². The summed E-state index contributed by atoms with van der Waals surface area (Å²) in [4.78, 5) is 4.42. The highest BCUT2D eigenvalue weighted by Gasteiger charge is 2.11. The molecule has 0 bridgehead atoms. The van der Waals surface area contributed by atoms with Gasteiger partial charge in [-0.25, -0.2) is 0 Å². The fourth-order valence-electron chi connectivity index (χ4n) is 2.49. The third kappa shape index (κ3) is 4.36. The molecule has 0 amide bonds. The van der Waals surface area contributed by atoms with E-state index in [1.54, 1.807) is 14.2 Å². The van der Waals surface area contributed by atoms with E-state index in [4.69, 9.17) is 14.0 Å². The van der Waals surface area contributed by atoms with Crippen molar-refractivity contribution in [2.45, 2.75) is 13.0 Å². The molecular weight excluding hydrogens is 318 g/mol. The molecule has 0 atom stereocenters. The summed E-state index contributed by atoms with van der Waals surface area (Å²) < 4.78 is 15.8. The van der Waals surface area contributed by atoms with E-state index < -0.39 is 0 Å². The first kappa shape index (κ1) is 17.0. The topological polar surface area (TPSA) is 69.4 Å². The van der Waals surface area contributed by atoms with Crippen LogP contribution in [0.1, 0.15) is 11.5 Å². The van der Waals surface area contributed by atoms with Crippen molar-refractivity contribution in [2.24, 2.45) is 0 Å². The van der Waals surface area contributed by atoms with Gasteiger partial charge in [-0.3, -0.25) is 0 Å². The lowest BCUT2D eigenvalue weighted by atomic mass is 10.1. The molecule has 0 aliphatic carbocycles. The Hall–Kier alpha value is -2.86. The molecule has 0 aliphatic rings. The highest BCUT2D eigenvalue weighted by atomic mass is 16.5. The number of nitrogens with one attached hydrogen (secondary N) is 1. The third-order valence-corrected chi connectivity index (χ3v) is 3.82. The summed E-state index contributed by atoms with van der Waals surface area (Å²) in [5.74, 6) is 2.38. The summed E-state index contributed by atoms with van der Waals surface area (Å²) in [6, 6.07) is 15.9. The summed E-state index contributed by atoms with van der Waals surface area (Å²) in [6.07, 6.45) is 0.956. The molecule has 6 heteroatoms. The monoisotopic (exact) mass is 339 g/mol. The average Bonchev–Trinajstić information content (AvgIpc) is 3.14. The van der Waals surface area contributed by atoms with Gasteiger partial charge in [-0.15, -0.1) is 0 Å². The predicted octanol–water partition coefficient (Wildman–Crippen LogP) is 3.09. The van der Waals surface area contributed by atoms with Crippen LogP contribution >= 0.6 is 0 Å². The normalized spacial score (nSPS) is 10.6. The van der Waals surface area contributed by atoms with E-state index >= 15 is 0 Å². The zero-order valence-electron chi connectivity index (χ0n) is 14.4. The van der Waals surface area contributed by atoms with Gasteiger partial charge in [0.05, 0.1) is 20.8 Å². The largest absolute Gasteiger partial charge is 0.493 e. The number of nitrogens with zero attached hydrogens (tertiary/aromatic N) is 2. The van der Waals surface area contributed by atoms with Crippen LogP contribution in [0, 0.1) is 0 Å². The SMILES string of the molecule is COc1ccc(-c2noc(CNCCc3ccccc3)n2)cc1OC. The van der Waals surface area contributed by atoms with Crippen molar-refractivity contribution < 1.29 is 14.0 Å². The van der Waals surface area contributed by atoms with Crippen molar-refractivity contribution in [3.05, 3.63) is 60.0 Å². The molecule has 0 saturated heterocycles. The van der Waals surface area contributed by atoms with Gasteiger partial charge in [0, 0.05) is 5.56 Å². The van der Waals surface area contributed by atoms with Gasteiger partial charge in [0.15, 0.2) is 11.5 Å². The Kier molecular flexibility index (Phi) is 5.64. The van der Waals surface area contributed by atoms with Crippen molar-refractivity contribution in [2.75, 3.05) is 20.8 Å². The van der Waals surface area contributed by atoms with Crippen LogP contribution in [-0.2, 0) is 13.0 Å². The summed E-state index contributed by atoms with van der Waals surface area (Å²) in [5.41, 5.74) is 2.11. The fourth-order valence-corrected chi connectivity index (χ4v) is 2.49. The molecule has 6 nitrogen and oxygen atoms in total. The van der Waals surface area contributed by atoms with Gasteiger partial charge in [0.1, 0.15) is 0 Å². The van der Waals surface area contributed by atoms with Crippen LogP contribution in [0.15, 0.2) is 53.1 Å². The first-order valence-corrected chi connectivity index (χ1v) is 8.10. The molecule has 1 N–H and O–H groups in total. The summed E-state index contributed by atoms with van der Waals surface area (Å²) in [5, 5.41) is 7.35. The van der Waals surface area contributed by atoms with E-state index in [2.05, 4.69) is 27.6 Å². The average molecular weight is 339 g/mol. The van der Waals surface area contributed by atoms with E-state index in [1.165, 1.54) is 5.56 Å². The number of aromatic nitrogens is 2. The lowest BCUT2D eigenvalue weighted by molar-refractivity contribution is 0.355. The van der Waals surface area contributed by atoms with Crippen LogP contribution in [0.5, 0.6) is 11.5 Å². The lowest BCUT2D eigenvalue weighted by Crippen LogP contribution is -2.16. The summed E-state index contributed by atoms with van der Waals surface area (Å²) in [7, 11) is 3.20. The van der Waals surface area contributed by atoms with Crippen LogP contribution in [0.2, 0.25) is 0 Å². The van der Waals surface area contributed by atoms with Crippen LogP contribution in [0.25, 0.3) is 11.4 Å². The minimum absolute atomic E-state index is 0.529. The van der Waals surface area contributed by atoms with Crippen molar-refractivity contribution >= 4 is 0 Å². The Balaban J connectivity index is 1.57. The Morgan fingerprint density at radius 3 is 2.56 bits per heavy atom. The standard InChI is InChI=1S/C19H21N3O3/c1-23-16-9-8-15(12-17(16)24-2)19-21-18(25-22-19)13-20-11-10-14-6-4-3-5-7-14/h3-9,12,20H,10-11,13H2,1-2H3. The Labute approximate surface area is 146 Å². The predicted molar refractivity (Wildman–Crippen MR) is 94.7 cm³/mol. The number of benzene rings is 2. The highest BCUT2D eigenvalue weighted by Crippen LogP contribution is 2.31. The quantitative estimate of drug-likeness (QED) is 0.636. The van der Waals surface area contributed by atoms with Crippen molar-refractivity contribution in [3.8, 4) is 22.9 Å². The summed E-state index contributed by atoms with van der Waals surface area (Å²) >= 11 is 0. The maximum atomic E-state index is 5.31. The second-order valence-corrected chi connectivity index (χ2v) is 5.49. The molecule has 3 aromatic rings. The van der Waals surface area contributed by atoms with E-state index in [0.717, 1.165) is 18.5 Å². The molecule has 3 rings (SSSR count). The molecule has 0 spiro atoms.